The fourth-order valence-corrected chi connectivity index (χ4v) is 4.09. The second-order valence-corrected chi connectivity index (χ2v) is 8.58. The van der Waals surface area contributed by atoms with E-state index in [1.807, 2.05) is 0 Å². The Hall–Kier alpha value is -3.57. The number of halogens is 6. The van der Waals surface area contributed by atoms with Crippen molar-refractivity contribution in [2.24, 2.45) is 5.92 Å². The predicted octanol–water partition coefficient (Wildman–Crippen LogP) is 4.80. The number of amides is 1. The molecule has 12 heteroatoms. The highest BCUT2D eigenvalue weighted by atomic mass is 19.4. The van der Waals surface area contributed by atoms with Crippen molar-refractivity contribution in [3.8, 4) is 0 Å². The van der Waals surface area contributed by atoms with Gasteiger partial charge in [0.2, 0.25) is 0 Å². The highest BCUT2D eigenvalue weighted by Gasteiger charge is 2.46. The lowest BCUT2D eigenvalue weighted by molar-refractivity contribution is -0.145. The van der Waals surface area contributed by atoms with E-state index in [0.29, 0.717) is 11.8 Å². The standard InChI is InChI=1S/C24H25F6N5O/c1-14-9-23(26,27)13-35(19(14)12-34-20-8-5-16(10-33-20)24(28,29)30)22(36)21(31)18(11-32-2)15-3-6-17(25)7-4-15/h3-8,10-11,14,19,31-32H,9,12-13H2,1-2H3,(H,33,34)/b18-11-,31-21?. The maximum absolute atomic E-state index is 14.5. The van der Waals surface area contributed by atoms with E-state index in [-0.39, 0.29) is 17.9 Å². The number of pyridine rings is 1. The van der Waals surface area contributed by atoms with Crippen LogP contribution in [0.3, 0.4) is 0 Å². The summed E-state index contributed by atoms with van der Waals surface area (Å²) >= 11 is 0. The third-order valence-corrected chi connectivity index (χ3v) is 5.85. The molecule has 0 saturated carbocycles. The van der Waals surface area contributed by atoms with Crippen LogP contribution in [0.4, 0.5) is 32.2 Å². The van der Waals surface area contributed by atoms with Crippen LogP contribution in [0.1, 0.15) is 24.5 Å². The lowest BCUT2D eigenvalue weighted by Gasteiger charge is -2.43. The molecule has 0 aliphatic carbocycles. The second-order valence-electron chi connectivity index (χ2n) is 8.58. The summed E-state index contributed by atoms with van der Waals surface area (Å²) in [6.07, 6.45) is -3.06. The van der Waals surface area contributed by atoms with E-state index in [1.54, 1.807) is 0 Å². The molecule has 1 amide bonds. The van der Waals surface area contributed by atoms with Gasteiger partial charge in [-0.25, -0.2) is 18.2 Å². The van der Waals surface area contributed by atoms with Crippen molar-refractivity contribution >= 4 is 23.0 Å². The van der Waals surface area contributed by atoms with Gasteiger partial charge < -0.3 is 15.5 Å². The van der Waals surface area contributed by atoms with Crippen molar-refractivity contribution in [2.75, 3.05) is 25.5 Å². The van der Waals surface area contributed by atoms with Gasteiger partial charge in [0.05, 0.1) is 18.2 Å². The Balaban J connectivity index is 1.84. The lowest BCUT2D eigenvalue weighted by Crippen LogP contribution is -2.58. The van der Waals surface area contributed by atoms with E-state index in [1.165, 1.54) is 32.3 Å². The fraction of sp³-hybridized carbons (Fsp3) is 0.375. The Morgan fingerprint density at radius 3 is 2.44 bits per heavy atom. The minimum Gasteiger partial charge on any atom is -0.393 e. The SMILES string of the molecule is CN/C=C(\C(=N)C(=O)N1CC(F)(F)CC(C)C1CNc1ccc(C(F)(F)F)cn1)c1ccc(F)cc1. The molecule has 1 aromatic heterocycles. The second kappa shape index (κ2) is 10.6. The first-order valence-electron chi connectivity index (χ1n) is 11.0. The number of piperidine rings is 1. The van der Waals surface area contributed by atoms with Gasteiger partial charge in [0, 0.05) is 38.0 Å². The maximum atomic E-state index is 14.5. The molecule has 1 aliphatic heterocycles. The number of hydrogen-bond donors (Lipinski definition) is 3. The number of rotatable bonds is 7. The summed E-state index contributed by atoms with van der Waals surface area (Å²) in [5, 5.41) is 14.0. The van der Waals surface area contributed by atoms with Gasteiger partial charge >= 0.3 is 6.18 Å². The summed E-state index contributed by atoms with van der Waals surface area (Å²) in [5.74, 6) is -5.29. The van der Waals surface area contributed by atoms with Crippen molar-refractivity contribution in [2.45, 2.75) is 31.5 Å². The zero-order valence-electron chi connectivity index (χ0n) is 19.5. The molecule has 2 aromatic rings. The quantitative estimate of drug-likeness (QED) is 0.367. The molecule has 0 bridgehead atoms. The van der Waals surface area contributed by atoms with Crippen LogP contribution in [0.15, 0.2) is 48.8 Å². The number of likely N-dealkylation sites (tertiary alicyclic amines) is 1. The maximum Gasteiger partial charge on any atom is 0.417 e. The van der Waals surface area contributed by atoms with E-state index >= 15 is 0 Å². The smallest absolute Gasteiger partial charge is 0.393 e. The van der Waals surface area contributed by atoms with E-state index < -0.39 is 60.0 Å². The normalized spacial score (nSPS) is 20.1. The van der Waals surface area contributed by atoms with Crippen LogP contribution in [-0.2, 0) is 11.0 Å². The summed E-state index contributed by atoms with van der Waals surface area (Å²) in [5.41, 5.74) is -1.09. The van der Waals surface area contributed by atoms with Crippen LogP contribution >= 0.6 is 0 Å². The summed E-state index contributed by atoms with van der Waals surface area (Å²) in [7, 11) is 1.53. The molecule has 194 valence electrons. The Labute approximate surface area is 203 Å². The van der Waals surface area contributed by atoms with Gasteiger partial charge in [-0.1, -0.05) is 19.1 Å². The number of hydrogen-bond acceptors (Lipinski definition) is 5. The van der Waals surface area contributed by atoms with E-state index in [2.05, 4.69) is 15.6 Å². The number of nitrogens with one attached hydrogen (secondary N) is 3. The Morgan fingerprint density at radius 1 is 1.22 bits per heavy atom. The van der Waals surface area contributed by atoms with Gasteiger partial charge in [-0.15, -0.1) is 0 Å². The molecular formula is C24H25F6N5O. The number of anilines is 1. The van der Waals surface area contributed by atoms with Crippen LogP contribution in [-0.4, -0.2) is 53.6 Å². The molecule has 0 radical (unpaired) electrons. The van der Waals surface area contributed by atoms with Gasteiger partial charge in [0.1, 0.15) is 17.3 Å². The zero-order chi connectivity index (χ0) is 26.7. The van der Waals surface area contributed by atoms with Crippen LogP contribution in [0, 0.1) is 17.1 Å². The average molecular weight is 513 g/mol. The minimum atomic E-state index is -4.55. The molecule has 1 aliphatic rings. The van der Waals surface area contributed by atoms with Crippen LogP contribution < -0.4 is 10.6 Å². The zero-order valence-corrected chi connectivity index (χ0v) is 19.5. The minimum absolute atomic E-state index is 0.0732. The van der Waals surface area contributed by atoms with E-state index in [0.717, 1.165) is 29.2 Å². The molecule has 1 aromatic carbocycles. The highest BCUT2D eigenvalue weighted by Crippen LogP contribution is 2.35. The van der Waals surface area contributed by atoms with Crippen molar-refractivity contribution < 1.29 is 31.1 Å². The number of benzene rings is 1. The number of aromatic nitrogens is 1. The summed E-state index contributed by atoms with van der Waals surface area (Å²) in [6, 6.07) is 6.18. The molecule has 0 spiro atoms. The number of nitrogens with zero attached hydrogens (tertiary/aromatic N) is 2. The third kappa shape index (κ3) is 6.35. The van der Waals surface area contributed by atoms with Gasteiger partial charge in [-0.2, -0.15) is 13.2 Å². The first-order chi connectivity index (χ1) is 16.8. The van der Waals surface area contributed by atoms with Gasteiger partial charge in [0.25, 0.3) is 11.8 Å². The molecule has 36 heavy (non-hydrogen) atoms. The molecule has 1 fully saturated rings. The van der Waals surface area contributed by atoms with Crippen LogP contribution in [0.25, 0.3) is 5.57 Å². The topological polar surface area (TPSA) is 81.1 Å². The molecule has 3 N–H and O–H groups in total. The molecular weight excluding hydrogens is 488 g/mol. The molecule has 2 atom stereocenters. The lowest BCUT2D eigenvalue weighted by atomic mass is 9.87. The summed E-state index contributed by atoms with van der Waals surface area (Å²) < 4.78 is 80.6. The van der Waals surface area contributed by atoms with Gasteiger partial charge in [-0.05, 0) is 35.7 Å². The van der Waals surface area contributed by atoms with Crippen molar-refractivity contribution in [3.63, 3.8) is 0 Å². The molecule has 3 rings (SSSR count). The average Bonchev–Trinajstić information content (AvgIpc) is 2.80. The number of carbonyl (C=O) groups excluding carboxylic acids is 1. The van der Waals surface area contributed by atoms with Crippen molar-refractivity contribution in [1.82, 2.24) is 15.2 Å². The Kier molecular flexibility index (Phi) is 7.95. The van der Waals surface area contributed by atoms with E-state index in [9.17, 15) is 31.1 Å². The molecule has 2 heterocycles. The molecule has 2 unspecified atom stereocenters. The first-order valence-corrected chi connectivity index (χ1v) is 11.0. The van der Waals surface area contributed by atoms with Gasteiger partial charge in [0.15, 0.2) is 0 Å². The van der Waals surface area contributed by atoms with Crippen molar-refractivity contribution in [1.29, 1.82) is 5.41 Å². The molecule has 1 saturated heterocycles. The Bertz CT molecular complexity index is 1120. The Morgan fingerprint density at radius 2 is 1.89 bits per heavy atom. The van der Waals surface area contributed by atoms with E-state index in [4.69, 9.17) is 5.41 Å². The summed E-state index contributed by atoms with van der Waals surface area (Å²) in [4.78, 5) is 17.9. The van der Waals surface area contributed by atoms with Gasteiger partial charge in [-0.3, -0.25) is 10.2 Å². The van der Waals surface area contributed by atoms with Crippen LogP contribution in [0.2, 0.25) is 0 Å². The third-order valence-electron chi connectivity index (χ3n) is 5.85. The fourth-order valence-electron chi connectivity index (χ4n) is 4.09. The number of carbonyl (C=O) groups is 1. The summed E-state index contributed by atoms with van der Waals surface area (Å²) in [6.45, 7) is 0.533. The van der Waals surface area contributed by atoms with Crippen LogP contribution in [0.5, 0.6) is 0 Å². The largest absolute Gasteiger partial charge is 0.417 e. The molecule has 6 nitrogen and oxygen atoms in total. The predicted molar refractivity (Wildman–Crippen MR) is 123 cm³/mol. The first kappa shape index (κ1) is 27.0. The highest BCUT2D eigenvalue weighted by molar-refractivity contribution is 6.54. The monoisotopic (exact) mass is 513 g/mol. The number of alkyl halides is 5. The van der Waals surface area contributed by atoms with Crippen molar-refractivity contribution in [3.05, 3.63) is 65.7 Å².